The maximum atomic E-state index is 11.3. The van der Waals surface area contributed by atoms with E-state index < -0.39 is 0 Å². The van der Waals surface area contributed by atoms with E-state index >= 15 is 0 Å². The van der Waals surface area contributed by atoms with Crippen molar-refractivity contribution in [3.05, 3.63) is 41.5 Å². The van der Waals surface area contributed by atoms with Gasteiger partial charge in [0.15, 0.2) is 5.78 Å². The van der Waals surface area contributed by atoms with Crippen molar-refractivity contribution in [2.45, 2.75) is 47.0 Å². The van der Waals surface area contributed by atoms with Gasteiger partial charge < -0.3 is 0 Å². The van der Waals surface area contributed by atoms with E-state index in [0.717, 1.165) is 24.8 Å². The monoisotopic (exact) mass is 244 g/mol. The highest BCUT2D eigenvalue weighted by Gasteiger charge is 2.03. The largest absolute Gasteiger partial charge is 0.295 e. The second kappa shape index (κ2) is 7.15. The Bertz CT molecular complexity index is 410. The minimum Gasteiger partial charge on any atom is -0.295 e. The second-order valence-electron chi connectivity index (χ2n) is 5.24. The summed E-state index contributed by atoms with van der Waals surface area (Å²) in [5.74, 6) is 0.818. The minimum atomic E-state index is 0.129. The highest BCUT2D eigenvalue weighted by molar-refractivity contribution is 5.94. The normalized spacial score (nSPS) is 11.9. The fourth-order valence-corrected chi connectivity index (χ4v) is 1.93. The predicted octanol–water partition coefficient (Wildman–Crippen LogP) is 5.12. The van der Waals surface area contributed by atoms with E-state index in [1.807, 2.05) is 12.1 Å². The van der Waals surface area contributed by atoms with E-state index in [1.165, 1.54) is 11.1 Å². The summed E-state index contributed by atoms with van der Waals surface area (Å²) in [5, 5.41) is 0. The Labute approximate surface area is 111 Å². The smallest absolute Gasteiger partial charge is 0.159 e. The fourth-order valence-electron chi connectivity index (χ4n) is 1.93. The molecule has 0 spiro atoms. The van der Waals surface area contributed by atoms with Crippen molar-refractivity contribution >= 4 is 11.4 Å². The van der Waals surface area contributed by atoms with Gasteiger partial charge >= 0.3 is 0 Å². The highest BCUT2D eigenvalue weighted by Crippen LogP contribution is 2.22. The van der Waals surface area contributed by atoms with Crippen molar-refractivity contribution < 1.29 is 4.79 Å². The molecule has 98 valence electrons. The van der Waals surface area contributed by atoms with E-state index in [9.17, 15) is 4.79 Å². The third-order valence-corrected chi connectivity index (χ3v) is 3.02. The van der Waals surface area contributed by atoms with Gasteiger partial charge in [0.2, 0.25) is 0 Å². The number of Topliss-reactive ketones (excluding diaryl/α,β-unsaturated/α-hetero) is 1. The first kappa shape index (κ1) is 14.7. The molecular weight excluding hydrogens is 220 g/mol. The Morgan fingerprint density at radius 2 is 1.72 bits per heavy atom. The van der Waals surface area contributed by atoms with E-state index in [4.69, 9.17) is 0 Å². The topological polar surface area (TPSA) is 17.1 Å². The number of allylic oxidation sites excluding steroid dienone is 2. The van der Waals surface area contributed by atoms with Gasteiger partial charge in [-0.25, -0.2) is 0 Å². The summed E-state index contributed by atoms with van der Waals surface area (Å²) in [4.78, 5) is 11.3. The quantitative estimate of drug-likeness (QED) is 0.635. The van der Waals surface area contributed by atoms with Crippen molar-refractivity contribution in [3.8, 4) is 0 Å². The summed E-state index contributed by atoms with van der Waals surface area (Å²) in [6, 6.07) is 7.99. The molecular formula is C17H24O. The van der Waals surface area contributed by atoms with E-state index in [0.29, 0.717) is 5.92 Å². The Morgan fingerprint density at radius 1 is 1.17 bits per heavy atom. The Hall–Kier alpha value is -1.37. The molecule has 1 nitrogen and oxygen atoms in total. The van der Waals surface area contributed by atoms with Crippen LogP contribution in [0.2, 0.25) is 0 Å². The molecule has 0 saturated carbocycles. The van der Waals surface area contributed by atoms with Crippen LogP contribution in [0.1, 0.15) is 62.9 Å². The maximum Gasteiger partial charge on any atom is 0.159 e. The zero-order valence-electron chi connectivity index (χ0n) is 12.0. The fraction of sp³-hybridized carbons (Fsp3) is 0.471. The van der Waals surface area contributed by atoms with Crippen LogP contribution in [0.4, 0.5) is 0 Å². The number of rotatable bonds is 6. The average Bonchev–Trinajstić information content (AvgIpc) is 2.34. The Kier molecular flexibility index (Phi) is 5.84. The maximum absolute atomic E-state index is 11.3. The van der Waals surface area contributed by atoms with Crippen molar-refractivity contribution in [1.29, 1.82) is 0 Å². The summed E-state index contributed by atoms with van der Waals surface area (Å²) in [5.41, 5.74) is 3.45. The SMILES string of the molecule is CCC/C(=C/CC(C)C)c1ccc(C(C)=O)cc1. The lowest BCUT2D eigenvalue weighted by molar-refractivity contribution is 0.101. The Morgan fingerprint density at radius 3 is 2.17 bits per heavy atom. The van der Waals surface area contributed by atoms with Gasteiger partial charge in [0.05, 0.1) is 0 Å². The molecule has 0 amide bonds. The van der Waals surface area contributed by atoms with Crippen LogP contribution in [0, 0.1) is 5.92 Å². The molecule has 0 aliphatic heterocycles. The van der Waals surface area contributed by atoms with E-state index in [-0.39, 0.29) is 5.78 Å². The lowest BCUT2D eigenvalue weighted by atomic mass is 9.97. The molecule has 1 heteroatoms. The first-order valence-corrected chi connectivity index (χ1v) is 6.85. The molecule has 0 N–H and O–H groups in total. The molecule has 0 radical (unpaired) electrons. The molecule has 1 aromatic carbocycles. The van der Waals surface area contributed by atoms with Gasteiger partial charge in [-0.2, -0.15) is 0 Å². The molecule has 0 unspecified atom stereocenters. The van der Waals surface area contributed by atoms with Gasteiger partial charge in [-0.3, -0.25) is 4.79 Å². The van der Waals surface area contributed by atoms with Gasteiger partial charge in [0, 0.05) is 5.56 Å². The molecule has 0 atom stereocenters. The van der Waals surface area contributed by atoms with Crippen molar-refractivity contribution in [3.63, 3.8) is 0 Å². The van der Waals surface area contributed by atoms with Crippen molar-refractivity contribution in [1.82, 2.24) is 0 Å². The first-order valence-electron chi connectivity index (χ1n) is 6.85. The Balaban J connectivity index is 2.91. The molecule has 0 saturated heterocycles. The third kappa shape index (κ3) is 4.48. The molecule has 0 aromatic heterocycles. The second-order valence-corrected chi connectivity index (χ2v) is 5.24. The van der Waals surface area contributed by atoms with Gasteiger partial charge in [-0.1, -0.05) is 57.5 Å². The van der Waals surface area contributed by atoms with Crippen LogP contribution >= 0.6 is 0 Å². The third-order valence-electron chi connectivity index (χ3n) is 3.02. The van der Waals surface area contributed by atoms with Crippen LogP contribution < -0.4 is 0 Å². The lowest BCUT2D eigenvalue weighted by Crippen LogP contribution is -1.93. The lowest BCUT2D eigenvalue weighted by Gasteiger charge is -2.09. The standard InChI is InChI=1S/C17H24O/c1-5-6-16(8-7-13(2)3)17-11-9-15(10-12-17)14(4)18/h8-13H,5-7H2,1-4H3/b16-8-. The van der Waals surface area contributed by atoms with Crippen molar-refractivity contribution in [2.75, 3.05) is 0 Å². The molecule has 1 aromatic rings. The number of carbonyl (C=O) groups excluding carboxylic acids is 1. The molecule has 0 bridgehead atoms. The van der Waals surface area contributed by atoms with Crippen LogP contribution in [0.3, 0.4) is 0 Å². The summed E-state index contributed by atoms with van der Waals surface area (Å²) in [6.45, 7) is 8.28. The zero-order valence-corrected chi connectivity index (χ0v) is 12.0. The van der Waals surface area contributed by atoms with Crippen LogP contribution in [0.25, 0.3) is 5.57 Å². The van der Waals surface area contributed by atoms with Gasteiger partial charge in [0.25, 0.3) is 0 Å². The summed E-state index contributed by atoms with van der Waals surface area (Å²) < 4.78 is 0. The minimum absolute atomic E-state index is 0.129. The van der Waals surface area contributed by atoms with E-state index in [1.54, 1.807) is 6.92 Å². The number of hydrogen-bond acceptors (Lipinski definition) is 1. The molecule has 1 rings (SSSR count). The number of carbonyl (C=O) groups is 1. The number of benzene rings is 1. The average molecular weight is 244 g/mol. The molecule has 0 aliphatic rings. The summed E-state index contributed by atoms with van der Waals surface area (Å²) >= 11 is 0. The van der Waals surface area contributed by atoms with Gasteiger partial charge in [-0.15, -0.1) is 0 Å². The van der Waals surface area contributed by atoms with Crippen LogP contribution in [-0.4, -0.2) is 5.78 Å². The number of hydrogen-bond donors (Lipinski definition) is 0. The highest BCUT2D eigenvalue weighted by atomic mass is 16.1. The summed E-state index contributed by atoms with van der Waals surface area (Å²) in [6.07, 6.45) is 5.71. The van der Waals surface area contributed by atoms with Crippen LogP contribution in [-0.2, 0) is 0 Å². The van der Waals surface area contributed by atoms with Gasteiger partial charge in [-0.05, 0) is 36.8 Å². The van der Waals surface area contributed by atoms with Crippen LogP contribution in [0.5, 0.6) is 0 Å². The number of ketones is 1. The predicted molar refractivity (Wildman–Crippen MR) is 78.8 cm³/mol. The van der Waals surface area contributed by atoms with Gasteiger partial charge in [0.1, 0.15) is 0 Å². The molecule has 18 heavy (non-hydrogen) atoms. The molecule has 0 aliphatic carbocycles. The molecule has 0 fully saturated rings. The van der Waals surface area contributed by atoms with E-state index in [2.05, 4.69) is 39.0 Å². The van der Waals surface area contributed by atoms with Crippen LogP contribution in [0.15, 0.2) is 30.3 Å². The molecule has 0 heterocycles. The first-order chi connectivity index (χ1) is 8.54. The zero-order chi connectivity index (χ0) is 13.5. The summed E-state index contributed by atoms with van der Waals surface area (Å²) in [7, 11) is 0. The van der Waals surface area contributed by atoms with Crippen molar-refractivity contribution in [2.24, 2.45) is 5.92 Å².